The van der Waals surface area contributed by atoms with Crippen molar-refractivity contribution >= 4 is 5.78 Å². The fourth-order valence-electron chi connectivity index (χ4n) is 5.62. The number of phenolic OH excluding ortho intramolecular Hbond substituents is 1. The van der Waals surface area contributed by atoms with Crippen molar-refractivity contribution in [2.45, 2.75) is 55.2 Å². The number of epoxide rings is 1. The van der Waals surface area contributed by atoms with Crippen molar-refractivity contribution in [3.05, 3.63) is 41.0 Å². The monoisotopic (exact) mass is 344 g/mol. The van der Waals surface area contributed by atoms with Gasteiger partial charge in [-0.15, -0.1) is 0 Å². The van der Waals surface area contributed by atoms with Crippen molar-refractivity contribution in [1.82, 2.24) is 0 Å². The number of benzene rings is 1. The summed E-state index contributed by atoms with van der Waals surface area (Å²) in [5, 5.41) is 43.3. The van der Waals surface area contributed by atoms with Crippen LogP contribution in [0, 0.1) is 5.92 Å². The van der Waals surface area contributed by atoms with Gasteiger partial charge >= 0.3 is 0 Å². The zero-order chi connectivity index (χ0) is 17.8. The van der Waals surface area contributed by atoms with Crippen molar-refractivity contribution in [3.8, 4) is 5.75 Å². The Balaban J connectivity index is 1.76. The fraction of sp³-hybridized carbons (Fsp3) is 0.526. The van der Waals surface area contributed by atoms with Crippen LogP contribution in [0.4, 0.5) is 0 Å². The lowest BCUT2D eigenvalue weighted by molar-refractivity contribution is -0.149. The smallest absolute Gasteiger partial charge is 0.201 e. The number of carbonyl (C=O) groups is 1. The molecule has 1 saturated heterocycles. The van der Waals surface area contributed by atoms with Gasteiger partial charge in [-0.05, 0) is 38.2 Å². The first kappa shape index (κ1) is 15.5. The lowest BCUT2D eigenvalue weighted by atomic mass is 9.53. The highest BCUT2D eigenvalue weighted by molar-refractivity contribution is 6.10. The van der Waals surface area contributed by atoms with Gasteiger partial charge in [0.2, 0.25) is 5.78 Å². The van der Waals surface area contributed by atoms with E-state index in [1.54, 1.807) is 6.08 Å². The van der Waals surface area contributed by atoms with Crippen LogP contribution in [0.5, 0.6) is 5.75 Å². The van der Waals surface area contributed by atoms with Crippen LogP contribution in [0.2, 0.25) is 0 Å². The van der Waals surface area contributed by atoms with Gasteiger partial charge in [0.25, 0.3) is 0 Å². The average Bonchev–Trinajstić information content (AvgIpc) is 3.28. The van der Waals surface area contributed by atoms with E-state index in [0.29, 0.717) is 19.3 Å². The number of ketones is 1. The Labute approximate surface area is 144 Å². The van der Waals surface area contributed by atoms with Crippen molar-refractivity contribution in [2.75, 3.05) is 0 Å². The number of Topliss-reactive ketones (excluding diaryl/α,β-unsaturated/α-hetero) is 1. The number of rotatable bonds is 0. The highest BCUT2D eigenvalue weighted by atomic mass is 16.7. The molecule has 132 valence electrons. The van der Waals surface area contributed by atoms with Crippen molar-refractivity contribution in [3.63, 3.8) is 0 Å². The summed E-state index contributed by atoms with van der Waals surface area (Å²) in [5.41, 5.74) is -3.48. The van der Waals surface area contributed by atoms with Crippen molar-refractivity contribution < 1.29 is 30.0 Å². The third-order valence-corrected chi connectivity index (χ3v) is 6.76. The van der Waals surface area contributed by atoms with Gasteiger partial charge < -0.3 is 25.2 Å². The Bertz CT molecular complexity index is 846. The Morgan fingerprint density at radius 2 is 2.04 bits per heavy atom. The number of phenols is 1. The van der Waals surface area contributed by atoms with Gasteiger partial charge in [0.1, 0.15) is 29.2 Å². The molecule has 0 spiro atoms. The summed E-state index contributed by atoms with van der Waals surface area (Å²) >= 11 is 0. The van der Waals surface area contributed by atoms with E-state index in [2.05, 4.69) is 0 Å². The maximum Gasteiger partial charge on any atom is 0.201 e. The molecule has 0 aromatic heterocycles. The minimum atomic E-state index is -1.79. The summed E-state index contributed by atoms with van der Waals surface area (Å²) in [5.74, 6) is -0.952. The zero-order valence-electron chi connectivity index (χ0n) is 13.8. The summed E-state index contributed by atoms with van der Waals surface area (Å²) in [6.45, 7) is 1.89. The van der Waals surface area contributed by atoms with E-state index in [1.165, 1.54) is 18.2 Å². The van der Waals surface area contributed by atoms with Crippen LogP contribution in [-0.2, 0) is 4.74 Å². The van der Waals surface area contributed by atoms with E-state index in [-0.39, 0.29) is 22.8 Å². The molecule has 6 heteroatoms. The minimum absolute atomic E-state index is 0.146. The van der Waals surface area contributed by atoms with Crippen LogP contribution in [0.3, 0.4) is 0 Å². The van der Waals surface area contributed by atoms with E-state index in [4.69, 9.17) is 4.74 Å². The molecule has 0 amide bonds. The van der Waals surface area contributed by atoms with Crippen molar-refractivity contribution in [2.24, 2.45) is 5.92 Å². The summed E-state index contributed by atoms with van der Waals surface area (Å²) < 4.78 is 5.90. The van der Waals surface area contributed by atoms with Gasteiger partial charge in [0, 0.05) is 11.1 Å². The second-order valence-electron chi connectivity index (χ2n) is 7.87. The Morgan fingerprint density at radius 1 is 1.28 bits per heavy atom. The molecule has 25 heavy (non-hydrogen) atoms. The maximum absolute atomic E-state index is 13.4. The Hall–Kier alpha value is -1.73. The van der Waals surface area contributed by atoms with E-state index >= 15 is 0 Å². The number of carbonyl (C=O) groups excluding carboxylic acids is 1. The highest BCUT2D eigenvalue weighted by Gasteiger charge is 2.90. The molecule has 2 fully saturated rings. The van der Waals surface area contributed by atoms with Crippen LogP contribution in [-0.4, -0.2) is 49.1 Å². The molecule has 4 aliphatic rings. The highest BCUT2D eigenvalue weighted by Crippen LogP contribution is 2.73. The summed E-state index contributed by atoms with van der Waals surface area (Å²) in [6, 6.07) is 4.46. The van der Waals surface area contributed by atoms with Gasteiger partial charge in [-0.1, -0.05) is 23.8 Å². The van der Waals surface area contributed by atoms with E-state index < -0.39 is 34.8 Å². The van der Waals surface area contributed by atoms with E-state index in [1.807, 2.05) is 6.92 Å². The second-order valence-corrected chi connectivity index (χ2v) is 7.87. The molecule has 6 nitrogen and oxygen atoms in total. The third kappa shape index (κ3) is 1.42. The zero-order valence-corrected chi connectivity index (χ0v) is 13.8. The summed E-state index contributed by atoms with van der Waals surface area (Å²) in [4.78, 5) is 13.4. The first-order valence-corrected chi connectivity index (χ1v) is 8.62. The quantitative estimate of drug-likeness (QED) is 0.412. The predicted molar refractivity (Wildman–Crippen MR) is 86.0 cm³/mol. The number of aliphatic hydroxyl groups is 3. The van der Waals surface area contributed by atoms with Gasteiger partial charge in [-0.2, -0.15) is 0 Å². The third-order valence-electron chi connectivity index (χ3n) is 6.76. The number of allylic oxidation sites excluding steroid dienone is 1. The second kappa shape index (κ2) is 4.32. The van der Waals surface area contributed by atoms with Crippen LogP contribution in [0.1, 0.15) is 48.2 Å². The SMILES string of the molecule is CC1=C[C@@H](O)[C@@]2(O)[C@H](CC[C@]34O[C@]23C(=O)c2cccc(O)c2C4O)C1. The fourth-order valence-corrected chi connectivity index (χ4v) is 5.62. The Kier molecular flexibility index (Phi) is 2.68. The first-order valence-electron chi connectivity index (χ1n) is 8.62. The van der Waals surface area contributed by atoms with Crippen LogP contribution < -0.4 is 0 Å². The lowest BCUT2D eigenvalue weighted by Gasteiger charge is -2.51. The van der Waals surface area contributed by atoms with Gasteiger partial charge in [0.05, 0.1) is 0 Å². The summed E-state index contributed by atoms with van der Waals surface area (Å²) in [6.07, 6.45) is 0.578. The first-order chi connectivity index (χ1) is 11.8. The molecule has 6 atom stereocenters. The molecular weight excluding hydrogens is 324 g/mol. The van der Waals surface area contributed by atoms with Gasteiger partial charge in [0.15, 0.2) is 5.60 Å². The molecule has 0 bridgehead atoms. The largest absolute Gasteiger partial charge is 0.508 e. The number of hydrogen-bond donors (Lipinski definition) is 4. The number of fused-ring (bicyclic) bond motifs is 2. The van der Waals surface area contributed by atoms with Crippen molar-refractivity contribution in [1.29, 1.82) is 0 Å². The minimum Gasteiger partial charge on any atom is -0.508 e. The molecule has 1 heterocycles. The van der Waals surface area contributed by atoms with E-state index in [9.17, 15) is 25.2 Å². The molecule has 1 saturated carbocycles. The molecule has 4 N–H and O–H groups in total. The average molecular weight is 344 g/mol. The van der Waals surface area contributed by atoms with Crippen LogP contribution in [0.25, 0.3) is 0 Å². The number of aromatic hydroxyl groups is 1. The molecule has 1 aromatic carbocycles. The number of hydrogen-bond acceptors (Lipinski definition) is 6. The van der Waals surface area contributed by atoms with Gasteiger partial charge in [-0.3, -0.25) is 4.79 Å². The molecule has 1 unspecified atom stereocenters. The van der Waals surface area contributed by atoms with Crippen LogP contribution in [0.15, 0.2) is 29.8 Å². The standard InChI is InChI=1S/C19H20O6/c1-9-7-10-5-6-17-16(23)14-11(3-2-4-12(14)20)15(22)19(17,25-17)18(10,24)13(21)8-9/h2-4,8,10,13,16,20-21,23-24H,5-7H2,1H3/t10-,13-,16?,17-,18+,19+/m1/s1. The number of aliphatic hydroxyl groups excluding tert-OH is 2. The normalized spacial score (nSPS) is 47.1. The maximum atomic E-state index is 13.4. The molecule has 0 radical (unpaired) electrons. The topological polar surface area (TPSA) is 111 Å². The van der Waals surface area contributed by atoms with Crippen LogP contribution >= 0.6 is 0 Å². The van der Waals surface area contributed by atoms with E-state index in [0.717, 1.165) is 5.57 Å². The number of ether oxygens (including phenoxy) is 1. The molecule has 5 rings (SSSR count). The molecule has 3 aliphatic carbocycles. The Morgan fingerprint density at radius 3 is 2.80 bits per heavy atom. The molecule has 1 aliphatic heterocycles. The predicted octanol–water partition coefficient (Wildman–Crippen LogP) is 0.982. The molecule has 1 aromatic rings. The van der Waals surface area contributed by atoms with Gasteiger partial charge in [-0.25, -0.2) is 0 Å². The lowest BCUT2D eigenvalue weighted by Crippen LogP contribution is -2.69. The summed E-state index contributed by atoms with van der Waals surface area (Å²) in [7, 11) is 0. The molecular formula is C19H20O6.